The third-order valence-electron chi connectivity index (χ3n) is 6.38. The Morgan fingerprint density at radius 2 is 1.52 bits per heavy atom. The fourth-order valence-electron chi connectivity index (χ4n) is 4.25. The zero-order chi connectivity index (χ0) is 28.7. The summed E-state index contributed by atoms with van der Waals surface area (Å²) in [6.45, 7) is 1.73. The van der Waals surface area contributed by atoms with E-state index in [2.05, 4.69) is 10.6 Å². The number of halogens is 3. The molecule has 0 unspecified atom stereocenters. The Morgan fingerprint density at radius 3 is 2.23 bits per heavy atom. The van der Waals surface area contributed by atoms with Gasteiger partial charge in [-0.25, -0.2) is 9.58 Å². The second kappa shape index (κ2) is 10.7. The molecule has 0 atom stereocenters. The van der Waals surface area contributed by atoms with Crippen LogP contribution in [0.25, 0.3) is 5.69 Å². The van der Waals surface area contributed by atoms with Crippen molar-refractivity contribution in [3.05, 3.63) is 115 Å². The molecule has 0 radical (unpaired) electrons. The van der Waals surface area contributed by atoms with Gasteiger partial charge < -0.3 is 10.6 Å². The lowest BCUT2D eigenvalue weighted by molar-refractivity contribution is -0.120. The van der Waals surface area contributed by atoms with Crippen molar-refractivity contribution < 1.29 is 14.4 Å². The van der Waals surface area contributed by atoms with Gasteiger partial charge in [0.1, 0.15) is 16.4 Å². The molecule has 1 aromatic heterocycles. The lowest BCUT2D eigenvalue weighted by atomic mass is 10.1. The van der Waals surface area contributed by atoms with Crippen LogP contribution in [0, 0.1) is 6.92 Å². The first-order valence-corrected chi connectivity index (χ1v) is 13.0. The molecule has 3 aromatic carbocycles. The molecule has 9 nitrogen and oxygen atoms in total. The van der Waals surface area contributed by atoms with Gasteiger partial charge in [0.05, 0.1) is 27.1 Å². The molecule has 1 aliphatic heterocycles. The Kier molecular flexibility index (Phi) is 7.29. The maximum absolute atomic E-state index is 13.2. The normalized spacial score (nSPS) is 13.3. The highest BCUT2D eigenvalue weighted by atomic mass is 35.5. The smallest absolute Gasteiger partial charge is 0.295 e. The number of rotatable bonds is 6. The summed E-state index contributed by atoms with van der Waals surface area (Å²) in [5, 5.41) is 5.64. The molecule has 0 saturated carbocycles. The minimum Gasteiger partial charge on any atom is -0.350 e. The van der Waals surface area contributed by atoms with Crippen LogP contribution in [0.5, 0.6) is 0 Å². The van der Waals surface area contributed by atoms with E-state index in [1.165, 1.54) is 28.9 Å². The first-order valence-electron chi connectivity index (χ1n) is 11.8. The zero-order valence-electron chi connectivity index (χ0n) is 21.0. The average Bonchev–Trinajstić information content (AvgIpc) is 3.29. The maximum Gasteiger partial charge on any atom is 0.295 e. The van der Waals surface area contributed by atoms with Crippen molar-refractivity contribution in [2.45, 2.75) is 6.92 Å². The van der Waals surface area contributed by atoms with Gasteiger partial charge in [-0.1, -0.05) is 59.1 Å². The van der Waals surface area contributed by atoms with E-state index in [1.807, 2.05) is 18.2 Å². The summed E-state index contributed by atoms with van der Waals surface area (Å²) in [6.07, 6.45) is 0. The van der Waals surface area contributed by atoms with Crippen LogP contribution in [0.2, 0.25) is 10.0 Å². The van der Waals surface area contributed by atoms with E-state index in [1.54, 1.807) is 49.0 Å². The summed E-state index contributed by atoms with van der Waals surface area (Å²) in [5.74, 6) is -1.98. The predicted molar refractivity (Wildman–Crippen MR) is 156 cm³/mol. The molecule has 0 saturated heterocycles. The molecule has 12 heteroatoms. The molecule has 202 valence electrons. The van der Waals surface area contributed by atoms with Crippen molar-refractivity contribution in [3.8, 4) is 5.69 Å². The van der Waals surface area contributed by atoms with E-state index in [-0.39, 0.29) is 43.3 Å². The van der Waals surface area contributed by atoms with Crippen molar-refractivity contribution in [1.82, 2.24) is 9.36 Å². The molecule has 0 aliphatic carbocycles. The molecule has 4 aromatic rings. The number of imide groups is 1. The van der Waals surface area contributed by atoms with Crippen LogP contribution in [-0.2, 0) is 16.6 Å². The third-order valence-corrected chi connectivity index (χ3v) is 7.47. The van der Waals surface area contributed by atoms with Crippen LogP contribution in [-0.4, -0.2) is 27.1 Å². The largest absolute Gasteiger partial charge is 0.350 e. The Bertz CT molecular complexity index is 1790. The highest BCUT2D eigenvalue weighted by Gasteiger charge is 2.39. The van der Waals surface area contributed by atoms with Gasteiger partial charge in [0.2, 0.25) is 0 Å². The second-order valence-electron chi connectivity index (χ2n) is 8.83. The van der Waals surface area contributed by atoms with Gasteiger partial charge in [0.15, 0.2) is 0 Å². The van der Waals surface area contributed by atoms with Crippen molar-refractivity contribution in [1.29, 1.82) is 0 Å². The number of nitrogens with one attached hydrogen (secondary N) is 2. The standard InChI is InChI=1S/C28H20Cl3N5O4/c1-15-23(28(40)36(34(15)2)18-9-4-3-5-10-18)33-25(37)16-7-6-8-17(13-16)32-24-22(31)26(38)35(27(24)39)19-11-12-20(29)21(30)14-19/h3-14,32H,1-2H3,(H,33,37). The summed E-state index contributed by atoms with van der Waals surface area (Å²) >= 11 is 18.2. The molecule has 0 spiro atoms. The molecular formula is C28H20Cl3N5O4. The topological polar surface area (TPSA) is 105 Å². The van der Waals surface area contributed by atoms with Gasteiger partial charge in [-0.15, -0.1) is 0 Å². The molecule has 0 fully saturated rings. The van der Waals surface area contributed by atoms with Gasteiger partial charge in [0, 0.05) is 18.3 Å². The van der Waals surface area contributed by atoms with Crippen LogP contribution >= 0.6 is 34.8 Å². The molecule has 40 heavy (non-hydrogen) atoms. The maximum atomic E-state index is 13.2. The Hall–Kier alpha value is -4.31. The number of benzene rings is 3. The molecule has 0 bridgehead atoms. The summed E-state index contributed by atoms with van der Waals surface area (Å²) < 4.78 is 3.11. The molecular weight excluding hydrogens is 577 g/mol. The van der Waals surface area contributed by atoms with E-state index in [4.69, 9.17) is 34.8 Å². The molecule has 2 N–H and O–H groups in total. The second-order valence-corrected chi connectivity index (χ2v) is 10.0. The van der Waals surface area contributed by atoms with Crippen LogP contribution in [0.4, 0.5) is 17.1 Å². The minimum atomic E-state index is -0.740. The van der Waals surface area contributed by atoms with E-state index < -0.39 is 17.7 Å². The number of hydrogen-bond acceptors (Lipinski definition) is 5. The van der Waals surface area contributed by atoms with Gasteiger partial charge in [-0.05, 0) is 55.5 Å². The first-order chi connectivity index (χ1) is 19.1. The highest BCUT2D eigenvalue weighted by molar-refractivity contribution is 6.53. The quantitative estimate of drug-likeness (QED) is 0.287. The lowest BCUT2D eigenvalue weighted by Gasteiger charge is -2.16. The number of carbonyl (C=O) groups excluding carboxylic acids is 3. The number of amides is 3. The fourth-order valence-corrected chi connectivity index (χ4v) is 4.76. The number of anilines is 3. The minimum absolute atomic E-state index is 0.134. The number of para-hydroxylation sites is 1. The monoisotopic (exact) mass is 595 g/mol. The van der Waals surface area contributed by atoms with Crippen molar-refractivity contribution in [3.63, 3.8) is 0 Å². The van der Waals surface area contributed by atoms with Crippen molar-refractivity contribution in [2.75, 3.05) is 15.5 Å². The Balaban J connectivity index is 1.38. The van der Waals surface area contributed by atoms with Crippen molar-refractivity contribution in [2.24, 2.45) is 7.05 Å². The van der Waals surface area contributed by atoms with E-state index >= 15 is 0 Å². The van der Waals surface area contributed by atoms with Crippen LogP contribution < -0.4 is 21.1 Å². The summed E-state index contributed by atoms with van der Waals surface area (Å²) in [5.41, 5.74) is 1.52. The van der Waals surface area contributed by atoms with Gasteiger partial charge in [-0.3, -0.25) is 23.9 Å². The van der Waals surface area contributed by atoms with E-state index in [0.717, 1.165) is 4.90 Å². The number of hydrogen-bond donors (Lipinski definition) is 2. The van der Waals surface area contributed by atoms with Crippen LogP contribution in [0.1, 0.15) is 16.1 Å². The number of carbonyl (C=O) groups is 3. The zero-order valence-corrected chi connectivity index (χ0v) is 23.3. The highest BCUT2D eigenvalue weighted by Crippen LogP contribution is 2.33. The molecule has 1 aliphatic rings. The number of nitrogens with zero attached hydrogens (tertiary/aromatic N) is 3. The van der Waals surface area contributed by atoms with Gasteiger partial charge >= 0.3 is 0 Å². The van der Waals surface area contributed by atoms with Gasteiger partial charge in [-0.2, -0.15) is 0 Å². The van der Waals surface area contributed by atoms with E-state index in [0.29, 0.717) is 17.1 Å². The fraction of sp³-hybridized carbons (Fsp3) is 0.0714. The Morgan fingerprint density at radius 1 is 0.800 bits per heavy atom. The van der Waals surface area contributed by atoms with Gasteiger partial charge in [0.25, 0.3) is 23.3 Å². The first kappa shape index (κ1) is 27.3. The van der Waals surface area contributed by atoms with Crippen molar-refractivity contribution >= 4 is 69.6 Å². The third kappa shape index (κ3) is 4.79. The van der Waals surface area contributed by atoms with Crippen LogP contribution in [0.15, 0.2) is 88.3 Å². The summed E-state index contributed by atoms with van der Waals surface area (Å²) in [6, 6.07) is 19.6. The summed E-state index contributed by atoms with van der Waals surface area (Å²) in [7, 11) is 1.72. The molecule has 3 amide bonds. The Labute approximate surface area is 243 Å². The average molecular weight is 597 g/mol. The lowest BCUT2D eigenvalue weighted by Crippen LogP contribution is -2.32. The summed E-state index contributed by atoms with van der Waals surface area (Å²) in [4.78, 5) is 53.1. The molecule has 5 rings (SSSR count). The number of aromatic nitrogens is 2. The predicted octanol–water partition coefficient (Wildman–Crippen LogP) is 5.48. The SMILES string of the molecule is Cc1c(NC(=O)c2cccc(NC3=C(Cl)C(=O)N(c4ccc(Cl)c(Cl)c4)C3=O)c2)c(=O)n(-c2ccccc2)n1C. The van der Waals surface area contributed by atoms with E-state index in [9.17, 15) is 19.2 Å². The van der Waals surface area contributed by atoms with Crippen LogP contribution in [0.3, 0.4) is 0 Å². The molecule has 2 heterocycles.